The third kappa shape index (κ3) is 3.25. The van der Waals surface area contributed by atoms with Crippen LogP contribution < -0.4 is 0 Å². The van der Waals surface area contributed by atoms with Gasteiger partial charge in [0.2, 0.25) is 0 Å². The zero-order valence-corrected chi connectivity index (χ0v) is 9.43. The van der Waals surface area contributed by atoms with E-state index in [0.29, 0.717) is 0 Å². The molecule has 1 saturated heterocycles. The number of thioether (sulfide) groups is 1. The summed E-state index contributed by atoms with van der Waals surface area (Å²) in [6.07, 6.45) is 3.52. The summed E-state index contributed by atoms with van der Waals surface area (Å²) >= 11 is 2.22. The van der Waals surface area contributed by atoms with E-state index in [1.54, 1.807) is 0 Å². The van der Waals surface area contributed by atoms with E-state index in [0.717, 1.165) is 4.58 Å². The first-order valence-corrected chi connectivity index (χ1v) is 9.80. The van der Waals surface area contributed by atoms with Crippen molar-refractivity contribution in [3.63, 3.8) is 0 Å². The normalized spacial score (nSPS) is 25.1. The van der Waals surface area contributed by atoms with E-state index in [9.17, 15) is 0 Å². The minimum atomic E-state index is 0.0952. The van der Waals surface area contributed by atoms with E-state index in [1.165, 1.54) is 16.5 Å². The summed E-state index contributed by atoms with van der Waals surface area (Å²) in [5.41, 5.74) is 0. The van der Waals surface area contributed by atoms with Gasteiger partial charge in [0.1, 0.15) is 0 Å². The molecule has 1 atom stereocenters. The summed E-state index contributed by atoms with van der Waals surface area (Å²) in [5.74, 6) is 1.40. The van der Waals surface area contributed by atoms with Crippen molar-refractivity contribution in [3.8, 4) is 0 Å². The molecule has 1 heterocycles. The van der Waals surface area contributed by atoms with E-state index in [1.807, 2.05) is 0 Å². The number of allylic oxidation sites excluding steroid dienone is 1. The van der Waals surface area contributed by atoms with Crippen LogP contribution in [0.2, 0.25) is 4.37 Å². The maximum atomic E-state index is 3.72. The average molecular weight is 268 g/mol. The van der Waals surface area contributed by atoms with Crippen molar-refractivity contribution < 1.29 is 0 Å². The summed E-state index contributed by atoms with van der Waals surface area (Å²) in [5, 5.41) is 0. The molecule has 0 aromatic rings. The quantitative estimate of drug-likeness (QED) is 0.436. The predicted molar refractivity (Wildman–Crippen MR) is 49.2 cm³/mol. The fourth-order valence-electron chi connectivity index (χ4n) is 0.476. The molecule has 0 N–H and O–H groups in total. The zero-order chi connectivity index (χ0) is 6.53. The van der Waals surface area contributed by atoms with Crippen LogP contribution in [0.15, 0.2) is 12.7 Å². The Morgan fingerprint density at radius 1 is 1.89 bits per heavy atom. The molecule has 1 aliphatic rings. The van der Waals surface area contributed by atoms with Gasteiger partial charge in [-0.2, -0.15) is 0 Å². The molecule has 0 aromatic heterocycles. The molecule has 51 valence electrons. The summed E-state index contributed by atoms with van der Waals surface area (Å²) in [7, 11) is 2.23. The predicted octanol–water partition coefficient (Wildman–Crippen LogP) is 2.41. The average Bonchev–Trinajstić information content (AvgIpc) is 1.76. The van der Waals surface area contributed by atoms with E-state index in [-0.39, 0.29) is 20.2 Å². The molecule has 0 nitrogen and oxygen atoms in total. The van der Waals surface area contributed by atoms with Crippen LogP contribution in [0.5, 0.6) is 0 Å². The van der Waals surface area contributed by atoms with Crippen LogP contribution in [0, 0.1) is 0 Å². The number of rotatable bonds is 4. The zero-order valence-electron chi connectivity index (χ0n) is 5.25. The van der Waals surface area contributed by atoms with Gasteiger partial charge in [0, 0.05) is 0 Å². The van der Waals surface area contributed by atoms with Crippen molar-refractivity contribution in [2.45, 2.75) is 15.4 Å². The van der Waals surface area contributed by atoms with E-state index in [4.69, 9.17) is 0 Å². The van der Waals surface area contributed by atoms with E-state index >= 15 is 0 Å². The molecule has 0 amide bonds. The van der Waals surface area contributed by atoms with Gasteiger partial charge in [-0.1, -0.05) is 0 Å². The van der Waals surface area contributed by atoms with Crippen LogP contribution in [0.3, 0.4) is 0 Å². The molecule has 1 radical (unpaired) electrons. The van der Waals surface area contributed by atoms with Gasteiger partial charge in [-0.3, -0.25) is 0 Å². The number of hydrogen-bond acceptors (Lipinski definition) is 2. The summed E-state index contributed by atoms with van der Waals surface area (Å²) in [4.78, 5) is 0. The monoisotopic (exact) mass is 267 g/mol. The second kappa shape index (κ2) is 4.98. The third-order valence-corrected chi connectivity index (χ3v) is 10.3. The summed E-state index contributed by atoms with van der Waals surface area (Å²) in [6.45, 7) is 3.72. The van der Waals surface area contributed by atoms with Crippen LogP contribution in [-0.4, -0.2) is 30.5 Å². The molecule has 1 unspecified atom stereocenters. The Morgan fingerprint density at radius 3 is 3.11 bits per heavy atom. The first-order valence-electron chi connectivity index (χ1n) is 2.98. The van der Waals surface area contributed by atoms with Gasteiger partial charge in [-0.25, -0.2) is 0 Å². The topological polar surface area (TPSA) is 0 Å². The molecular formula is C6H10S2Sb. The Bertz CT molecular complexity index is 91.1. The van der Waals surface area contributed by atoms with Gasteiger partial charge in [-0.15, -0.1) is 0 Å². The fraction of sp³-hybridized carbons (Fsp3) is 0.667. The van der Waals surface area contributed by atoms with Gasteiger partial charge in [-0.05, 0) is 0 Å². The van der Waals surface area contributed by atoms with Crippen molar-refractivity contribution >= 4 is 40.8 Å². The van der Waals surface area contributed by atoms with Crippen LogP contribution in [0.1, 0.15) is 6.42 Å². The van der Waals surface area contributed by atoms with Crippen molar-refractivity contribution in [1.82, 2.24) is 0 Å². The molecule has 1 aliphatic heterocycles. The second-order valence-electron chi connectivity index (χ2n) is 1.79. The van der Waals surface area contributed by atoms with E-state index < -0.39 is 0 Å². The minimum absolute atomic E-state index is 0.0952. The van der Waals surface area contributed by atoms with Crippen molar-refractivity contribution in [2.75, 3.05) is 5.75 Å². The molecule has 1 fully saturated rings. The van der Waals surface area contributed by atoms with Crippen LogP contribution in [0.25, 0.3) is 0 Å². The SMILES string of the molecule is C=C[CH2][Sb][S]C1CCS1. The maximum absolute atomic E-state index is 3.72. The summed E-state index contributed by atoms with van der Waals surface area (Å²) in [6, 6.07) is 0. The van der Waals surface area contributed by atoms with Crippen LogP contribution >= 0.6 is 20.6 Å². The third-order valence-electron chi connectivity index (χ3n) is 1.05. The van der Waals surface area contributed by atoms with Crippen molar-refractivity contribution in [3.05, 3.63) is 12.7 Å². The molecule has 1 rings (SSSR count). The molecular weight excluding hydrogens is 258 g/mol. The molecule has 0 bridgehead atoms. The van der Waals surface area contributed by atoms with Gasteiger partial charge < -0.3 is 0 Å². The van der Waals surface area contributed by atoms with Crippen LogP contribution in [0.4, 0.5) is 0 Å². The first-order chi connectivity index (χ1) is 4.43. The fourth-order valence-corrected chi connectivity index (χ4v) is 8.94. The van der Waals surface area contributed by atoms with Gasteiger partial charge in [0.05, 0.1) is 0 Å². The van der Waals surface area contributed by atoms with E-state index in [2.05, 4.69) is 33.3 Å². The Labute approximate surface area is 74.2 Å². The Morgan fingerprint density at radius 2 is 2.67 bits per heavy atom. The van der Waals surface area contributed by atoms with Crippen molar-refractivity contribution in [1.29, 1.82) is 0 Å². The molecule has 3 heteroatoms. The first kappa shape index (κ1) is 8.36. The summed E-state index contributed by atoms with van der Waals surface area (Å²) < 4.78 is 2.31. The number of hydrogen-bond donors (Lipinski definition) is 0. The van der Waals surface area contributed by atoms with Gasteiger partial charge in [0.15, 0.2) is 0 Å². The molecule has 0 spiro atoms. The van der Waals surface area contributed by atoms with Gasteiger partial charge >= 0.3 is 74.6 Å². The standard InChI is InChI=1S/C3H6S2.C3H5.Sb/c4-3-1-2-5-3;1-3-2;/h3-4H,1-2H2;3H,1-2H2;/q;;+1/p-1. The van der Waals surface area contributed by atoms with Gasteiger partial charge in [0.25, 0.3) is 0 Å². The molecule has 0 saturated carbocycles. The molecule has 0 aromatic carbocycles. The van der Waals surface area contributed by atoms with Crippen LogP contribution in [-0.2, 0) is 0 Å². The molecule has 0 aliphatic carbocycles. The second-order valence-corrected chi connectivity index (χ2v) is 9.50. The van der Waals surface area contributed by atoms with Crippen molar-refractivity contribution in [2.24, 2.45) is 0 Å². The Kier molecular flexibility index (Phi) is 4.62. The Balaban J connectivity index is 1.85. The Hall–Kier alpha value is 1.26. The molecule has 9 heavy (non-hydrogen) atoms.